The Kier molecular flexibility index (Phi) is 7.63. The summed E-state index contributed by atoms with van der Waals surface area (Å²) in [6.07, 6.45) is 3.55. The Hall–Kier alpha value is -3.20. The Bertz CT molecular complexity index is 1170. The van der Waals surface area contributed by atoms with Crippen LogP contribution in [0.1, 0.15) is 53.0 Å². The van der Waals surface area contributed by atoms with E-state index in [0.29, 0.717) is 41.5 Å². The number of nitrogens with zero attached hydrogens (tertiary/aromatic N) is 2. The van der Waals surface area contributed by atoms with Gasteiger partial charge in [0.1, 0.15) is 0 Å². The molecule has 0 atom stereocenters. The maximum Gasteiger partial charge on any atom is 0.261 e. The van der Waals surface area contributed by atoms with E-state index in [1.54, 1.807) is 32.0 Å². The zero-order valence-electron chi connectivity index (χ0n) is 18.5. The molecular weight excluding hydrogens is 428 g/mol. The number of benzene rings is 2. The van der Waals surface area contributed by atoms with Gasteiger partial charge in [-0.25, -0.2) is 8.42 Å². The average Bonchev–Trinajstić information content (AvgIpc) is 3.18. The lowest BCUT2D eigenvalue weighted by atomic mass is 10.1. The quantitative estimate of drug-likeness (QED) is 0.480. The largest absolute Gasteiger partial charge is 0.352 e. The van der Waals surface area contributed by atoms with Crippen LogP contribution in [-0.2, 0) is 22.9 Å². The second-order valence-electron chi connectivity index (χ2n) is 7.62. The van der Waals surface area contributed by atoms with E-state index in [1.165, 1.54) is 17.7 Å². The summed E-state index contributed by atoms with van der Waals surface area (Å²) in [6, 6.07) is 11.9. The van der Waals surface area contributed by atoms with Gasteiger partial charge in [-0.3, -0.25) is 9.52 Å². The van der Waals surface area contributed by atoms with Crippen molar-refractivity contribution >= 4 is 21.6 Å². The maximum atomic E-state index is 12.9. The number of nitrogens with one attached hydrogen (secondary N) is 2. The Labute approximate surface area is 188 Å². The van der Waals surface area contributed by atoms with Crippen LogP contribution in [0.5, 0.6) is 0 Å². The fraction of sp³-hybridized carbons (Fsp3) is 0.348. The summed E-state index contributed by atoms with van der Waals surface area (Å²) in [5.74, 6) is 0.597. The topological polar surface area (TPSA) is 114 Å². The number of hydrogen-bond donors (Lipinski definition) is 2. The molecule has 8 nitrogen and oxygen atoms in total. The number of aromatic nitrogens is 2. The van der Waals surface area contributed by atoms with E-state index in [0.717, 1.165) is 19.3 Å². The SMILES string of the molecule is CCCCc1ccc(NS(=O)(=O)c2ccc(C)c(C(=O)NCCc3nc(C)no3)c2)cc1. The molecule has 2 N–H and O–H groups in total. The first-order valence-corrected chi connectivity index (χ1v) is 12.1. The van der Waals surface area contributed by atoms with Gasteiger partial charge in [0.05, 0.1) is 4.90 Å². The number of hydrogen-bond acceptors (Lipinski definition) is 6. The lowest BCUT2D eigenvalue weighted by Crippen LogP contribution is -2.27. The summed E-state index contributed by atoms with van der Waals surface area (Å²) < 4.78 is 33.4. The van der Waals surface area contributed by atoms with Gasteiger partial charge in [-0.05, 0) is 62.1 Å². The van der Waals surface area contributed by atoms with Crippen LogP contribution in [0.15, 0.2) is 51.9 Å². The van der Waals surface area contributed by atoms with Crippen LogP contribution in [0, 0.1) is 13.8 Å². The van der Waals surface area contributed by atoms with Gasteiger partial charge < -0.3 is 9.84 Å². The third-order valence-corrected chi connectivity index (χ3v) is 6.36. The third-order valence-electron chi connectivity index (χ3n) is 4.98. The number of carbonyl (C=O) groups excluding carboxylic acids is 1. The van der Waals surface area contributed by atoms with Gasteiger partial charge >= 0.3 is 0 Å². The monoisotopic (exact) mass is 456 g/mol. The second kappa shape index (κ2) is 10.4. The molecule has 0 radical (unpaired) electrons. The van der Waals surface area contributed by atoms with Crippen LogP contribution in [0.25, 0.3) is 0 Å². The van der Waals surface area contributed by atoms with E-state index < -0.39 is 10.0 Å². The summed E-state index contributed by atoms with van der Waals surface area (Å²) in [6.45, 7) is 5.90. The Morgan fingerprint density at radius 3 is 2.47 bits per heavy atom. The minimum absolute atomic E-state index is 0.0239. The first-order chi connectivity index (χ1) is 15.3. The molecule has 0 aliphatic rings. The van der Waals surface area contributed by atoms with Crippen molar-refractivity contribution in [3.8, 4) is 0 Å². The zero-order chi connectivity index (χ0) is 23.1. The average molecular weight is 457 g/mol. The van der Waals surface area contributed by atoms with Gasteiger partial charge in [0.2, 0.25) is 5.89 Å². The molecule has 0 saturated heterocycles. The van der Waals surface area contributed by atoms with Crippen LogP contribution in [0.2, 0.25) is 0 Å². The summed E-state index contributed by atoms with van der Waals surface area (Å²) in [7, 11) is -3.84. The van der Waals surface area contributed by atoms with Crippen molar-refractivity contribution in [1.29, 1.82) is 0 Å². The molecule has 1 amide bonds. The molecule has 0 spiro atoms. The van der Waals surface area contributed by atoms with E-state index in [2.05, 4.69) is 27.1 Å². The van der Waals surface area contributed by atoms with Crippen molar-refractivity contribution in [3.63, 3.8) is 0 Å². The number of anilines is 1. The fourth-order valence-corrected chi connectivity index (χ4v) is 4.25. The van der Waals surface area contributed by atoms with Crippen molar-refractivity contribution in [2.45, 2.75) is 51.3 Å². The summed E-state index contributed by atoms with van der Waals surface area (Å²) >= 11 is 0. The van der Waals surface area contributed by atoms with Crippen LogP contribution < -0.4 is 10.0 Å². The molecule has 9 heteroatoms. The highest BCUT2D eigenvalue weighted by Crippen LogP contribution is 2.20. The molecular formula is C23H28N4O4S. The smallest absolute Gasteiger partial charge is 0.261 e. The lowest BCUT2D eigenvalue weighted by molar-refractivity contribution is 0.0952. The standard InChI is InChI=1S/C23H28N4O4S/c1-4-5-6-18-8-10-19(11-9-18)27-32(29,30)20-12-7-16(2)21(15-20)23(28)24-14-13-22-25-17(3)26-31-22/h7-12,15,27H,4-6,13-14H2,1-3H3,(H,24,28). The Morgan fingerprint density at radius 1 is 1.06 bits per heavy atom. The number of aryl methyl sites for hydroxylation is 3. The van der Waals surface area contributed by atoms with E-state index >= 15 is 0 Å². The minimum Gasteiger partial charge on any atom is -0.352 e. The minimum atomic E-state index is -3.84. The first kappa shape index (κ1) is 23.5. The van der Waals surface area contributed by atoms with Gasteiger partial charge in [0.15, 0.2) is 5.82 Å². The molecule has 1 heterocycles. The van der Waals surface area contributed by atoms with Gasteiger partial charge in [0.25, 0.3) is 15.9 Å². The Balaban J connectivity index is 1.68. The molecule has 3 aromatic rings. The molecule has 0 saturated carbocycles. The van der Waals surface area contributed by atoms with E-state index in [1.807, 2.05) is 12.1 Å². The van der Waals surface area contributed by atoms with Gasteiger partial charge in [-0.2, -0.15) is 4.98 Å². The molecule has 32 heavy (non-hydrogen) atoms. The van der Waals surface area contributed by atoms with E-state index in [4.69, 9.17) is 4.52 Å². The number of rotatable bonds is 10. The predicted molar refractivity (Wildman–Crippen MR) is 122 cm³/mol. The normalized spacial score (nSPS) is 11.3. The van der Waals surface area contributed by atoms with Gasteiger partial charge in [-0.1, -0.05) is 36.7 Å². The number of amides is 1. The first-order valence-electron chi connectivity index (χ1n) is 10.6. The maximum absolute atomic E-state index is 12.9. The summed E-state index contributed by atoms with van der Waals surface area (Å²) in [4.78, 5) is 16.7. The van der Waals surface area contributed by atoms with Crippen molar-refractivity contribution in [3.05, 3.63) is 70.9 Å². The van der Waals surface area contributed by atoms with E-state index in [-0.39, 0.29) is 10.8 Å². The zero-order valence-corrected chi connectivity index (χ0v) is 19.3. The highest BCUT2D eigenvalue weighted by molar-refractivity contribution is 7.92. The highest BCUT2D eigenvalue weighted by Gasteiger charge is 2.18. The van der Waals surface area contributed by atoms with Gasteiger partial charge in [-0.15, -0.1) is 0 Å². The van der Waals surface area contributed by atoms with Crippen molar-refractivity contribution in [2.75, 3.05) is 11.3 Å². The number of sulfonamides is 1. The number of unbranched alkanes of at least 4 members (excludes halogenated alkanes) is 1. The van der Waals surface area contributed by atoms with Crippen LogP contribution in [0.3, 0.4) is 0 Å². The molecule has 0 unspecified atom stereocenters. The summed E-state index contributed by atoms with van der Waals surface area (Å²) in [5.41, 5.74) is 2.62. The van der Waals surface area contributed by atoms with Crippen molar-refractivity contribution in [2.24, 2.45) is 0 Å². The molecule has 3 rings (SSSR count). The van der Waals surface area contributed by atoms with E-state index in [9.17, 15) is 13.2 Å². The van der Waals surface area contributed by atoms with Crippen molar-refractivity contribution in [1.82, 2.24) is 15.5 Å². The van der Waals surface area contributed by atoms with Crippen LogP contribution in [-0.4, -0.2) is 31.0 Å². The second-order valence-corrected chi connectivity index (χ2v) is 9.31. The highest BCUT2D eigenvalue weighted by atomic mass is 32.2. The van der Waals surface area contributed by atoms with Crippen LogP contribution in [0.4, 0.5) is 5.69 Å². The molecule has 0 bridgehead atoms. The molecule has 170 valence electrons. The Morgan fingerprint density at radius 2 is 1.81 bits per heavy atom. The fourth-order valence-electron chi connectivity index (χ4n) is 3.17. The predicted octanol–water partition coefficient (Wildman–Crippen LogP) is 3.80. The molecule has 1 aromatic heterocycles. The molecule has 0 fully saturated rings. The molecule has 0 aliphatic carbocycles. The third kappa shape index (κ3) is 6.16. The van der Waals surface area contributed by atoms with Crippen LogP contribution >= 0.6 is 0 Å². The van der Waals surface area contributed by atoms with Crippen molar-refractivity contribution < 1.29 is 17.7 Å². The number of carbonyl (C=O) groups is 1. The molecule has 0 aliphatic heterocycles. The molecule has 2 aromatic carbocycles. The van der Waals surface area contributed by atoms with Gasteiger partial charge in [0, 0.05) is 24.2 Å². The lowest BCUT2D eigenvalue weighted by Gasteiger charge is -2.12. The summed E-state index contributed by atoms with van der Waals surface area (Å²) in [5, 5.41) is 6.47.